The van der Waals surface area contributed by atoms with Gasteiger partial charge in [-0.15, -0.1) is 0 Å². The average molecular weight is 432 g/mol. The maximum absolute atomic E-state index is 12.8. The Morgan fingerprint density at radius 1 is 1.26 bits per heavy atom. The van der Waals surface area contributed by atoms with Gasteiger partial charge in [0.15, 0.2) is 23.7 Å². The van der Waals surface area contributed by atoms with Crippen LogP contribution in [0.25, 0.3) is 0 Å². The standard InChI is InChI=1S/C20H28N6O5/c1-18(2,3)11-6-4-10(5-7-11)15(28)31-13-8-26-17(22)23-12(9-27)14-19(26,20(13,29)30)25-16(21)24-14/h4-7,12-14,27,29-30H,8-9H2,1-3H3,(H2,22,23)(H3,21,24,25)/t12-,13-,14?,19?/m0/s1. The smallest absolute Gasteiger partial charge is 0.338 e. The van der Waals surface area contributed by atoms with E-state index in [-0.39, 0.29) is 29.4 Å². The topological polar surface area (TPSA) is 179 Å². The predicted octanol–water partition coefficient (Wildman–Crippen LogP) is -1.82. The number of carbonyl (C=O) groups is 1. The van der Waals surface area contributed by atoms with Crippen LogP contribution in [0.4, 0.5) is 0 Å². The fourth-order valence-corrected chi connectivity index (χ4v) is 4.48. The molecule has 0 aromatic heterocycles. The summed E-state index contributed by atoms with van der Waals surface area (Å²) in [6.07, 6.45) is -1.38. The fourth-order valence-electron chi connectivity index (χ4n) is 4.48. The van der Waals surface area contributed by atoms with Crippen molar-refractivity contribution in [2.45, 2.75) is 55.8 Å². The highest BCUT2D eigenvalue weighted by Gasteiger charge is 2.74. The Bertz CT molecular complexity index is 954. The van der Waals surface area contributed by atoms with E-state index in [0.717, 1.165) is 5.56 Å². The summed E-state index contributed by atoms with van der Waals surface area (Å²) in [5, 5.41) is 34.8. The normalized spacial score (nSPS) is 31.3. The second-order valence-electron chi connectivity index (χ2n) is 9.15. The van der Waals surface area contributed by atoms with Crippen LogP contribution in [0.1, 0.15) is 36.7 Å². The number of esters is 1. The number of nitrogens with two attached hydrogens (primary N) is 2. The van der Waals surface area contributed by atoms with Crippen LogP contribution >= 0.6 is 0 Å². The molecule has 3 heterocycles. The number of benzene rings is 1. The number of aliphatic hydroxyl groups excluding tert-OH is 1. The Balaban J connectivity index is 1.62. The van der Waals surface area contributed by atoms with Crippen molar-refractivity contribution in [2.24, 2.45) is 21.5 Å². The molecule has 11 nitrogen and oxygen atoms in total. The van der Waals surface area contributed by atoms with Gasteiger partial charge in [-0.1, -0.05) is 32.9 Å². The van der Waals surface area contributed by atoms with Crippen molar-refractivity contribution in [1.82, 2.24) is 10.2 Å². The lowest BCUT2D eigenvalue weighted by molar-refractivity contribution is -0.257. The molecule has 0 amide bonds. The largest absolute Gasteiger partial charge is 0.451 e. The van der Waals surface area contributed by atoms with Gasteiger partial charge in [-0.3, -0.25) is 0 Å². The van der Waals surface area contributed by atoms with Crippen LogP contribution in [0.2, 0.25) is 0 Å². The van der Waals surface area contributed by atoms with E-state index in [0.29, 0.717) is 0 Å². The zero-order chi connectivity index (χ0) is 22.8. The first-order valence-electron chi connectivity index (χ1n) is 10.0. The minimum Gasteiger partial charge on any atom is -0.451 e. The summed E-state index contributed by atoms with van der Waals surface area (Å²) in [7, 11) is 0. The molecule has 2 unspecified atom stereocenters. The Morgan fingerprint density at radius 2 is 1.90 bits per heavy atom. The molecule has 4 rings (SSSR count). The number of hydrogen-bond acceptors (Lipinski definition) is 11. The van der Waals surface area contributed by atoms with Crippen molar-refractivity contribution in [3.63, 3.8) is 0 Å². The molecule has 31 heavy (non-hydrogen) atoms. The van der Waals surface area contributed by atoms with Crippen molar-refractivity contribution >= 4 is 17.9 Å². The second kappa shape index (κ2) is 6.81. The van der Waals surface area contributed by atoms with Gasteiger partial charge in [0.1, 0.15) is 12.1 Å². The predicted molar refractivity (Wildman–Crippen MR) is 112 cm³/mol. The summed E-state index contributed by atoms with van der Waals surface area (Å²) in [6.45, 7) is 5.60. The average Bonchev–Trinajstić information content (AvgIpc) is 3.16. The molecular formula is C20H28N6O5. The first-order valence-corrected chi connectivity index (χ1v) is 10.0. The van der Waals surface area contributed by atoms with Gasteiger partial charge in [-0.25, -0.2) is 14.8 Å². The zero-order valence-electron chi connectivity index (χ0n) is 17.6. The van der Waals surface area contributed by atoms with E-state index >= 15 is 0 Å². The van der Waals surface area contributed by atoms with Crippen LogP contribution in [-0.2, 0) is 10.2 Å². The summed E-state index contributed by atoms with van der Waals surface area (Å²) in [6, 6.07) is 5.14. The molecule has 8 N–H and O–H groups in total. The molecule has 3 aliphatic heterocycles. The van der Waals surface area contributed by atoms with Gasteiger partial charge in [-0.2, -0.15) is 0 Å². The van der Waals surface area contributed by atoms with E-state index < -0.39 is 42.2 Å². The second-order valence-corrected chi connectivity index (χ2v) is 9.15. The van der Waals surface area contributed by atoms with E-state index in [2.05, 4.69) is 36.1 Å². The number of carbonyl (C=O) groups excluding carboxylic acids is 1. The highest BCUT2D eigenvalue weighted by molar-refractivity contribution is 5.90. The molecule has 0 radical (unpaired) electrons. The van der Waals surface area contributed by atoms with Crippen molar-refractivity contribution in [3.05, 3.63) is 35.4 Å². The Hall–Kier alpha value is -2.89. The number of ether oxygens (including phenoxy) is 1. The summed E-state index contributed by atoms with van der Waals surface area (Å²) in [4.78, 5) is 22.5. The maximum atomic E-state index is 12.8. The number of guanidine groups is 2. The van der Waals surface area contributed by atoms with E-state index in [1.54, 1.807) is 12.1 Å². The maximum Gasteiger partial charge on any atom is 0.338 e. The minimum absolute atomic E-state index is 0.0479. The molecule has 4 atom stereocenters. The van der Waals surface area contributed by atoms with E-state index in [1.165, 1.54) is 4.90 Å². The molecule has 11 heteroatoms. The lowest BCUT2D eigenvalue weighted by Crippen LogP contribution is -2.77. The molecule has 0 aliphatic carbocycles. The van der Waals surface area contributed by atoms with Crippen LogP contribution < -0.4 is 16.8 Å². The SMILES string of the molecule is CC(C)(C)c1ccc(C(=O)O[C@H]2CN3C(N)=N[C@@H](CO)C4N=C(N)NC43C2(O)O)cc1. The quantitative estimate of drug-likeness (QED) is 0.237. The molecule has 1 fully saturated rings. The Morgan fingerprint density at radius 3 is 2.48 bits per heavy atom. The molecule has 1 aromatic carbocycles. The van der Waals surface area contributed by atoms with E-state index in [1.807, 2.05) is 12.1 Å². The number of rotatable bonds is 3. The molecular weight excluding hydrogens is 404 g/mol. The van der Waals surface area contributed by atoms with Gasteiger partial charge in [0.2, 0.25) is 5.79 Å². The molecule has 1 aromatic rings. The number of aliphatic imine (C=N–C) groups is 2. The summed E-state index contributed by atoms with van der Waals surface area (Å²) in [5.41, 5.74) is 11.4. The monoisotopic (exact) mass is 432 g/mol. The fraction of sp³-hybridized carbons (Fsp3) is 0.550. The molecule has 1 saturated heterocycles. The third kappa shape index (κ3) is 3.03. The summed E-state index contributed by atoms with van der Waals surface area (Å²) in [5.74, 6) is -3.45. The Kier molecular flexibility index (Phi) is 4.69. The van der Waals surface area contributed by atoms with Crippen LogP contribution in [0.3, 0.4) is 0 Å². The highest BCUT2D eigenvalue weighted by Crippen LogP contribution is 2.45. The molecule has 0 saturated carbocycles. The van der Waals surface area contributed by atoms with Gasteiger partial charge >= 0.3 is 5.97 Å². The lowest BCUT2D eigenvalue weighted by atomic mass is 9.86. The van der Waals surface area contributed by atoms with Crippen LogP contribution in [-0.4, -0.2) is 80.9 Å². The van der Waals surface area contributed by atoms with Gasteiger partial charge in [0, 0.05) is 0 Å². The first-order chi connectivity index (χ1) is 14.4. The molecule has 1 spiro atoms. The van der Waals surface area contributed by atoms with Gasteiger partial charge in [0.05, 0.1) is 18.7 Å². The lowest BCUT2D eigenvalue weighted by Gasteiger charge is -2.48. The van der Waals surface area contributed by atoms with E-state index in [9.17, 15) is 20.1 Å². The summed E-state index contributed by atoms with van der Waals surface area (Å²) < 4.78 is 5.50. The first kappa shape index (κ1) is 21.3. The third-order valence-electron chi connectivity index (χ3n) is 6.17. The molecule has 0 bridgehead atoms. The van der Waals surface area contributed by atoms with E-state index in [4.69, 9.17) is 16.2 Å². The number of hydrogen-bond donors (Lipinski definition) is 6. The van der Waals surface area contributed by atoms with Crippen molar-refractivity contribution < 1.29 is 24.9 Å². The van der Waals surface area contributed by atoms with Gasteiger partial charge in [0.25, 0.3) is 0 Å². The van der Waals surface area contributed by atoms with Crippen molar-refractivity contribution in [2.75, 3.05) is 13.2 Å². The van der Waals surface area contributed by atoms with Crippen LogP contribution in [0.5, 0.6) is 0 Å². The van der Waals surface area contributed by atoms with Gasteiger partial charge in [-0.05, 0) is 23.1 Å². The Labute approximate surface area is 179 Å². The molecule has 168 valence electrons. The number of nitrogens with zero attached hydrogens (tertiary/aromatic N) is 3. The number of aliphatic hydroxyl groups is 3. The zero-order valence-corrected chi connectivity index (χ0v) is 17.6. The molecule has 3 aliphatic rings. The van der Waals surface area contributed by atoms with Gasteiger partial charge < -0.3 is 41.7 Å². The van der Waals surface area contributed by atoms with Crippen molar-refractivity contribution in [1.29, 1.82) is 0 Å². The van der Waals surface area contributed by atoms with Crippen LogP contribution in [0, 0.1) is 0 Å². The number of nitrogens with one attached hydrogen (secondary N) is 1. The van der Waals surface area contributed by atoms with Crippen LogP contribution in [0.15, 0.2) is 34.3 Å². The highest BCUT2D eigenvalue weighted by atomic mass is 16.6. The van der Waals surface area contributed by atoms with Crippen molar-refractivity contribution in [3.8, 4) is 0 Å². The minimum atomic E-state index is -2.63. The third-order valence-corrected chi connectivity index (χ3v) is 6.17. The summed E-state index contributed by atoms with van der Waals surface area (Å²) >= 11 is 0.